The maximum atomic E-state index is 13.0. The molecule has 2 aromatic carbocycles. The summed E-state index contributed by atoms with van der Waals surface area (Å²) >= 11 is 0. The van der Waals surface area contributed by atoms with Crippen molar-refractivity contribution in [1.82, 2.24) is 20.2 Å². The molecule has 0 spiro atoms. The molecule has 29 heavy (non-hydrogen) atoms. The van der Waals surface area contributed by atoms with Crippen LogP contribution in [0.5, 0.6) is 0 Å². The average Bonchev–Trinajstić information content (AvgIpc) is 3.23. The number of allylic oxidation sites excluding steroid dienone is 3. The number of rotatable bonds is 5. The minimum atomic E-state index is -0.785. The predicted octanol–water partition coefficient (Wildman–Crippen LogP) is 3.52. The van der Waals surface area contributed by atoms with Crippen LogP contribution >= 0.6 is 0 Å². The highest BCUT2D eigenvalue weighted by Crippen LogP contribution is 2.39. The van der Waals surface area contributed by atoms with Gasteiger partial charge in [0.25, 0.3) is 0 Å². The molecule has 0 aliphatic heterocycles. The summed E-state index contributed by atoms with van der Waals surface area (Å²) in [6, 6.07) is 18.6. The van der Waals surface area contributed by atoms with E-state index in [1.807, 2.05) is 72.8 Å². The van der Waals surface area contributed by atoms with E-state index in [2.05, 4.69) is 15.4 Å². The second-order valence-electron chi connectivity index (χ2n) is 6.70. The molecule has 4 rings (SSSR count). The third kappa shape index (κ3) is 4.01. The van der Waals surface area contributed by atoms with Gasteiger partial charge in [-0.15, -0.1) is 0 Å². The molecule has 0 N–H and O–H groups in total. The Bertz CT molecular complexity index is 1090. The maximum absolute atomic E-state index is 13.0. The molecule has 1 aliphatic carbocycles. The Morgan fingerprint density at radius 1 is 1.03 bits per heavy atom. The molecule has 144 valence electrons. The van der Waals surface area contributed by atoms with Crippen molar-refractivity contribution in [2.45, 2.75) is 18.4 Å². The zero-order valence-corrected chi connectivity index (χ0v) is 15.3. The van der Waals surface area contributed by atoms with Crippen LogP contribution in [0.4, 0.5) is 5.95 Å². The lowest BCUT2D eigenvalue weighted by Crippen LogP contribution is -2.30. The number of carbonyl (C=O) groups excluding carboxylic acids is 1. The molecule has 0 amide bonds. The van der Waals surface area contributed by atoms with Gasteiger partial charge in [0.1, 0.15) is 0 Å². The summed E-state index contributed by atoms with van der Waals surface area (Å²) in [5, 5.41) is 21.9. The molecule has 0 fully saturated rings. The van der Waals surface area contributed by atoms with Gasteiger partial charge in [0.05, 0.1) is 10.2 Å². The third-order valence-corrected chi connectivity index (χ3v) is 4.80. The Kier molecular flexibility index (Phi) is 5.07. The zero-order valence-electron chi connectivity index (χ0n) is 15.3. The lowest BCUT2D eigenvalue weighted by atomic mass is 9.79. The van der Waals surface area contributed by atoms with Gasteiger partial charge in [-0.3, -0.25) is 4.79 Å². The monoisotopic (exact) mass is 387 g/mol. The van der Waals surface area contributed by atoms with Crippen molar-refractivity contribution in [3.63, 3.8) is 0 Å². The Morgan fingerprint density at radius 3 is 2.38 bits per heavy atom. The van der Waals surface area contributed by atoms with Crippen LogP contribution in [0.2, 0.25) is 0 Å². The first kappa shape index (κ1) is 18.4. The van der Waals surface area contributed by atoms with Gasteiger partial charge in [-0.2, -0.15) is 0 Å². The summed E-state index contributed by atoms with van der Waals surface area (Å²) in [7, 11) is 0. The molecular formula is C21H17N5O3. The lowest BCUT2D eigenvalue weighted by Gasteiger charge is -2.27. The average molecular weight is 387 g/mol. The van der Waals surface area contributed by atoms with E-state index in [4.69, 9.17) is 0 Å². The van der Waals surface area contributed by atoms with Crippen LogP contribution in [0.15, 0.2) is 78.4 Å². The number of benzene rings is 2. The lowest BCUT2D eigenvalue weighted by molar-refractivity contribution is -0.394. The smallest absolute Gasteiger partial charge is 0.390 e. The van der Waals surface area contributed by atoms with Gasteiger partial charge < -0.3 is 10.1 Å². The third-order valence-electron chi connectivity index (χ3n) is 4.80. The number of carbonyl (C=O) groups is 1. The predicted molar refractivity (Wildman–Crippen MR) is 106 cm³/mol. The summed E-state index contributed by atoms with van der Waals surface area (Å²) in [6.45, 7) is 0. The van der Waals surface area contributed by atoms with Gasteiger partial charge in [0.15, 0.2) is 11.8 Å². The van der Waals surface area contributed by atoms with Crippen molar-refractivity contribution >= 4 is 17.8 Å². The molecule has 3 aromatic rings. The van der Waals surface area contributed by atoms with E-state index in [0.29, 0.717) is 6.42 Å². The standard InChI is InChI=1S/C21H17N5O3/c27-19-14-16(12-11-15-7-3-1-4-8-15)13-18(17-9-5-2-6-10-17)20(19)25-23-21(22-24-25)26(28)29/h1-12,14,18,20H,13H2. The Morgan fingerprint density at radius 2 is 1.72 bits per heavy atom. The van der Waals surface area contributed by atoms with Gasteiger partial charge in [0.2, 0.25) is 0 Å². The first-order valence-corrected chi connectivity index (χ1v) is 9.08. The Hall–Kier alpha value is -3.94. The van der Waals surface area contributed by atoms with E-state index in [9.17, 15) is 14.9 Å². The van der Waals surface area contributed by atoms with Crippen LogP contribution in [0.1, 0.15) is 29.5 Å². The normalized spacial score (nSPS) is 19.3. The van der Waals surface area contributed by atoms with E-state index >= 15 is 0 Å². The fourth-order valence-corrected chi connectivity index (χ4v) is 3.46. The van der Waals surface area contributed by atoms with E-state index in [1.165, 1.54) is 0 Å². The number of hydrogen-bond donors (Lipinski definition) is 0. The van der Waals surface area contributed by atoms with E-state index in [-0.39, 0.29) is 11.7 Å². The van der Waals surface area contributed by atoms with Crippen molar-refractivity contribution in [2.75, 3.05) is 0 Å². The summed E-state index contributed by atoms with van der Waals surface area (Å²) in [5.74, 6) is -1.11. The van der Waals surface area contributed by atoms with Crippen LogP contribution in [0.25, 0.3) is 6.08 Å². The first-order chi connectivity index (χ1) is 14.1. The molecule has 0 saturated heterocycles. The van der Waals surface area contributed by atoms with Crippen LogP contribution in [-0.4, -0.2) is 30.9 Å². The second kappa shape index (κ2) is 7.97. The van der Waals surface area contributed by atoms with Crippen molar-refractivity contribution in [3.05, 3.63) is 99.6 Å². The number of tetrazole rings is 1. The summed E-state index contributed by atoms with van der Waals surface area (Å²) in [4.78, 5) is 24.2. The highest BCUT2D eigenvalue weighted by molar-refractivity contribution is 5.96. The minimum absolute atomic E-state index is 0.217. The number of hydrogen-bond acceptors (Lipinski definition) is 6. The Labute approximate surface area is 166 Å². The molecule has 1 aliphatic rings. The quantitative estimate of drug-likeness (QED) is 0.490. The second-order valence-corrected chi connectivity index (χ2v) is 6.70. The highest BCUT2D eigenvalue weighted by atomic mass is 16.6. The summed E-state index contributed by atoms with van der Waals surface area (Å²) < 4.78 is 0. The van der Waals surface area contributed by atoms with Gasteiger partial charge in [-0.05, 0) is 34.1 Å². The van der Waals surface area contributed by atoms with Gasteiger partial charge in [-0.1, -0.05) is 77.6 Å². The van der Waals surface area contributed by atoms with Crippen molar-refractivity contribution < 1.29 is 9.72 Å². The number of aromatic nitrogens is 4. The summed E-state index contributed by atoms with van der Waals surface area (Å²) in [6.07, 6.45) is 6.01. The topological polar surface area (TPSA) is 104 Å². The molecular weight excluding hydrogens is 370 g/mol. The first-order valence-electron chi connectivity index (χ1n) is 9.08. The highest BCUT2D eigenvalue weighted by Gasteiger charge is 2.38. The fraction of sp³-hybridized carbons (Fsp3) is 0.143. The summed E-state index contributed by atoms with van der Waals surface area (Å²) in [5.41, 5.74) is 2.84. The van der Waals surface area contributed by atoms with Gasteiger partial charge in [0, 0.05) is 11.1 Å². The molecule has 0 radical (unpaired) electrons. The van der Waals surface area contributed by atoms with Crippen LogP contribution in [0.3, 0.4) is 0 Å². The fourth-order valence-electron chi connectivity index (χ4n) is 3.46. The SMILES string of the molecule is O=C1C=C(C=Cc2ccccc2)CC(c2ccccc2)C1n1nnc([N+](=O)[O-])n1. The van der Waals surface area contributed by atoms with Crippen molar-refractivity contribution in [1.29, 1.82) is 0 Å². The van der Waals surface area contributed by atoms with Gasteiger partial charge in [-0.25, -0.2) is 0 Å². The molecule has 2 atom stereocenters. The molecule has 8 heteroatoms. The maximum Gasteiger partial charge on any atom is 0.514 e. The number of nitro groups is 1. The van der Waals surface area contributed by atoms with Crippen LogP contribution < -0.4 is 0 Å². The van der Waals surface area contributed by atoms with Crippen LogP contribution in [0, 0.1) is 10.1 Å². The zero-order chi connectivity index (χ0) is 20.2. The molecule has 0 bridgehead atoms. The van der Waals surface area contributed by atoms with E-state index in [0.717, 1.165) is 21.5 Å². The number of nitrogens with zero attached hydrogens (tertiary/aromatic N) is 5. The van der Waals surface area contributed by atoms with E-state index < -0.39 is 16.9 Å². The molecule has 0 saturated carbocycles. The number of ketones is 1. The molecule has 8 nitrogen and oxygen atoms in total. The van der Waals surface area contributed by atoms with Gasteiger partial charge >= 0.3 is 5.95 Å². The Balaban J connectivity index is 1.70. The van der Waals surface area contributed by atoms with Crippen molar-refractivity contribution in [2.24, 2.45) is 0 Å². The van der Waals surface area contributed by atoms with Crippen molar-refractivity contribution in [3.8, 4) is 0 Å². The molecule has 1 heterocycles. The van der Waals surface area contributed by atoms with Crippen LogP contribution in [-0.2, 0) is 4.79 Å². The minimum Gasteiger partial charge on any atom is -0.390 e. The largest absolute Gasteiger partial charge is 0.514 e. The molecule has 1 aromatic heterocycles. The van der Waals surface area contributed by atoms with E-state index in [1.54, 1.807) is 6.08 Å². The molecule has 2 unspecified atom stereocenters.